The van der Waals surface area contributed by atoms with Crippen LogP contribution in [0.2, 0.25) is 64.0 Å². The maximum atomic E-state index is 11.5. The Morgan fingerprint density at radius 3 is 1.33 bits per heavy atom. The number of carbonyl (C=O) groups is 2. The van der Waals surface area contributed by atoms with Gasteiger partial charge in [0, 0.05) is 38.1 Å². The molecule has 0 radical (unpaired) electrons. The predicted molar refractivity (Wildman–Crippen MR) is 191 cm³/mol. The Labute approximate surface area is 283 Å². The molecule has 46 heavy (non-hydrogen) atoms. The Kier molecular flexibility index (Phi) is 22.9. The Bertz CT molecular complexity index is 915. The molecule has 0 N–H and O–H groups in total. The topological polar surface area (TPSA) is 117 Å². The average molecular weight is 725 g/mol. The van der Waals surface area contributed by atoms with Crippen molar-refractivity contribution in [1.29, 1.82) is 0 Å². The SMILES string of the molecule is C=C(C)C(=O)OCCOCCC[Si](C)(C)O[Si](C)(C)O[Si](C)(CCCOCCOC)O[Si](C)(C)CCCOCCOC(=O)C(=C)C. The van der Waals surface area contributed by atoms with Crippen LogP contribution in [0.3, 0.4) is 0 Å². The molecule has 0 heterocycles. The minimum atomic E-state index is -2.63. The van der Waals surface area contributed by atoms with Crippen LogP contribution in [0.15, 0.2) is 24.3 Å². The van der Waals surface area contributed by atoms with E-state index in [0.29, 0.717) is 57.4 Å². The minimum Gasteiger partial charge on any atom is -0.460 e. The summed E-state index contributed by atoms with van der Waals surface area (Å²) in [5, 5.41) is 0. The molecule has 0 rings (SSSR count). The van der Waals surface area contributed by atoms with Crippen LogP contribution in [0.25, 0.3) is 0 Å². The fourth-order valence-corrected chi connectivity index (χ4v) is 24.4. The van der Waals surface area contributed by atoms with E-state index in [-0.39, 0.29) is 13.2 Å². The standard InChI is InChI=1S/C31H64O11Si4/c1-28(2)30(32)38-23-21-36-16-13-25-43(6,7)40-45(10,11)42-46(12,27-15-18-35-20-19-34-5)41-44(8,9)26-14-17-37-22-24-39-31(33)29(3)4/h1,3,13-27H2,2,4-12H3. The first-order valence-electron chi connectivity index (χ1n) is 16.3. The van der Waals surface area contributed by atoms with E-state index in [1.165, 1.54) is 0 Å². The van der Waals surface area contributed by atoms with E-state index >= 15 is 0 Å². The monoisotopic (exact) mass is 724 g/mol. The smallest absolute Gasteiger partial charge is 0.333 e. The van der Waals surface area contributed by atoms with Crippen LogP contribution in [0.4, 0.5) is 0 Å². The van der Waals surface area contributed by atoms with Gasteiger partial charge in [-0.25, -0.2) is 9.59 Å². The Morgan fingerprint density at radius 1 is 0.522 bits per heavy atom. The van der Waals surface area contributed by atoms with Crippen molar-refractivity contribution in [3.8, 4) is 0 Å². The molecule has 0 aliphatic rings. The number of methoxy groups -OCH3 is 1. The summed E-state index contributed by atoms with van der Waals surface area (Å²) < 4.78 is 53.2. The number of carbonyl (C=O) groups excluding carboxylic acids is 2. The first-order chi connectivity index (χ1) is 21.3. The molecule has 0 spiro atoms. The number of ether oxygens (including phenoxy) is 6. The third kappa shape index (κ3) is 24.2. The second kappa shape index (κ2) is 23.4. The third-order valence-electron chi connectivity index (χ3n) is 6.58. The van der Waals surface area contributed by atoms with Gasteiger partial charge >= 0.3 is 29.1 Å². The van der Waals surface area contributed by atoms with Crippen molar-refractivity contribution in [3.05, 3.63) is 24.3 Å². The van der Waals surface area contributed by atoms with Gasteiger partial charge in [0.1, 0.15) is 13.2 Å². The van der Waals surface area contributed by atoms with Gasteiger partial charge in [-0.2, -0.15) is 0 Å². The van der Waals surface area contributed by atoms with E-state index in [1.807, 2.05) is 0 Å². The van der Waals surface area contributed by atoms with Gasteiger partial charge in [-0.05, 0) is 97.1 Å². The van der Waals surface area contributed by atoms with Crippen molar-refractivity contribution >= 4 is 45.7 Å². The van der Waals surface area contributed by atoms with Gasteiger partial charge in [0.25, 0.3) is 0 Å². The van der Waals surface area contributed by atoms with Gasteiger partial charge in [0.15, 0.2) is 16.6 Å². The molecular weight excluding hydrogens is 661 g/mol. The van der Waals surface area contributed by atoms with Crippen molar-refractivity contribution in [3.63, 3.8) is 0 Å². The number of rotatable bonds is 29. The van der Waals surface area contributed by atoms with E-state index in [1.54, 1.807) is 21.0 Å². The lowest BCUT2D eigenvalue weighted by Gasteiger charge is -2.42. The highest BCUT2D eigenvalue weighted by Gasteiger charge is 2.45. The van der Waals surface area contributed by atoms with E-state index in [9.17, 15) is 9.59 Å². The molecule has 1 unspecified atom stereocenters. The van der Waals surface area contributed by atoms with E-state index in [4.69, 9.17) is 40.8 Å². The van der Waals surface area contributed by atoms with Crippen LogP contribution in [-0.2, 0) is 50.4 Å². The summed E-state index contributed by atoms with van der Waals surface area (Å²) >= 11 is 0. The van der Waals surface area contributed by atoms with Crippen LogP contribution < -0.4 is 0 Å². The zero-order valence-corrected chi connectivity index (χ0v) is 34.5. The lowest BCUT2D eigenvalue weighted by Crippen LogP contribution is -2.57. The maximum absolute atomic E-state index is 11.5. The zero-order valence-electron chi connectivity index (χ0n) is 30.5. The van der Waals surface area contributed by atoms with E-state index in [2.05, 4.69) is 59.0 Å². The number of hydrogen-bond donors (Lipinski definition) is 0. The summed E-state index contributed by atoms with van der Waals surface area (Å²) in [6.07, 6.45) is 2.56. The summed E-state index contributed by atoms with van der Waals surface area (Å²) in [6, 6.07) is 2.66. The summed E-state index contributed by atoms with van der Waals surface area (Å²) in [6.45, 7) is 29.8. The molecule has 0 aromatic carbocycles. The van der Waals surface area contributed by atoms with Crippen molar-refractivity contribution in [2.75, 3.05) is 66.6 Å². The fourth-order valence-electron chi connectivity index (χ4n) is 4.79. The summed E-state index contributed by atoms with van der Waals surface area (Å²) in [5.41, 5.74) is 0.761. The molecule has 0 aliphatic heterocycles. The van der Waals surface area contributed by atoms with Gasteiger partial charge in [0.05, 0.1) is 26.4 Å². The van der Waals surface area contributed by atoms with Crippen LogP contribution in [0.5, 0.6) is 0 Å². The molecule has 0 saturated heterocycles. The molecule has 0 saturated carbocycles. The summed E-state index contributed by atoms with van der Waals surface area (Å²) in [4.78, 5) is 23.0. The van der Waals surface area contributed by atoms with Crippen molar-refractivity contribution in [1.82, 2.24) is 0 Å². The van der Waals surface area contributed by atoms with Crippen LogP contribution in [0, 0.1) is 0 Å². The normalized spacial score (nSPS) is 13.7. The average Bonchev–Trinajstić information content (AvgIpc) is 2.91. The molecule has 0 amide bonds. The highest BCUT2D eigenvalue weighted by Crippen LogP contribution is 2.30. The van der Waals surface area contributed by atoms with Gasteiger partial charge in [-0.15, -0.1) is 0 Å². The first-order valence-corrected chi connectivity index (χ1v) is 27.9. The molecule has 0 bridgehead atoms. The maximum Gasteiger partial charge on any atom is 0.333 e. The number of esters is 2. The van der Waals surface area contributed by atoms with Crippen LogP contribution in [-0.4, -0.2) is 112 Å². The molecule has 0 aromatic heterocycles. The second-order valence-electron chi connectivity index (χ2n) is 13.3. The molecule has 0 aromatic rings. The molecular formula is C31H64O11Si4. The van der Waals surface area contributed by atoms with Gasteiger partial charge in [-0.3, -0.25) is 0 Å². The number of hydrogen-bond acceptors (Lipinski definition) is 11. The Balaban J connectivity index is 5.01. The highest BCUT2D eigenvalue weighted by atomic mass is 28.5. The minimum absolute atomic E-state index is 0.216. The van der Waals surface area contributed by atoms with Crippen molar-refractivity contribution < 1.29 is 50.4 Å². The molecule has 1 atom stereocenters. The van der Waals surface area contributed by atoms with Crippen LogP contribution in [0.1, 0.15) is 33.1 Å². The molecule has 15 heteroatoms. The van der Waals surface area contributed by atoms with Crippen molar-refractivity contribution in [2.45, 2.75) is 97.1 Å². The lowest BCUT2D eigenvalue weighted by atomic mass is 10.4. The van der Waals surface area contributed by atoms with Crippen LogP contribution >= 0.6 is 0 Å². The molecule has 270 valence electrons. The second-order valence-corrected chi connectivity index (χ2v) is 29.4. The first kappa shape index (κ1) is 45.0. The molecule has 11 nitrogen and oxygen atoms in total. The molecule has 0 aliphatic carbocycles. The quantitative estimate of drug-likeness (QED) is 0.0373. The Morgan fingerprint density at radius 2 is 0.913 bits per heavy atom. The van der Waals surface area contributed by atoms with E-state index in [0.717, 1.165) is 37.4 Å². The van der Waals surface area contributed by atoms with Gasteiger partial charge in [-0.1, -0.05) is 13.2 Å². The summed E-state index contributed by atoms with van der Waals surface area (Å²) in [5.74, 6) is -0.795. The zero-order chi connectivity index (χ0) is 35.3. The fraction of sp³-hybridized carbons (Fsp3) is 0.806. The predicted octanol–water partition coefficient (Wildman–Crippen LogP) is 6.33. The highest BCUT2D eigenvalue weighted by molar-refractivity contribution is 6.89. The van der Waals surface area contributed by atoms with Crippen molar-refractivity contribution in [2.24, 2.45) is 0 Å². The summed E-state index contributed by atoms with van der Waals surface area (Å²) in [7, 11) is -7.68. The van der Waals surface area contributed by atoms with Gasteiger partial charge in [0.2, 0.25) is 0 Å². The largest absolute Gasteiger partial charge is 0.460 e. The third-order valence-corrected chi connectivity index (χ3v) is 22.8. The Hall–Kier alpha value is -0.992. The lowest BCUT2D eigenvalue weighted by molar-refractivity contribution is -0.141. The van der Waals surface area contributed by atoms with Gasteiger partial charge < -0.3 is 40.8 Å². The molecule has 0 fully saturated rings. The van der Waals surface area contributed by atoms with E-state index < -0.39 is 45.7 Å².